The molecular weight excluding hydrogens is 691 g/mol. The van der Waals surface area contributed by atoms with Crippen molar-refractivity contribution < 1.29 is 57.2 Å². The summed E-state index contributed by atoms with van der Waals surface area (Å²) < 4.78 is 41.8. The molecule has 0 bridgehead atoms. The Balaban J connectivity index is 2.27. The van der Waals surface area contributed by atoms with Gasteiger partial charge in [-0.25, -0.2) is 4.79 Å². The Morgan fingerprint density at radius 3 is 2.04 bits per heavy atom. The maximum Gasteiger partial charge on any atom is 0.422 e. The van der Waals surface area contributed by atoms with Crippen LogP contribution in [0.2, 0.25) is 0 Å². The minimum absolute atomic E-state index is 0.0432. The average Bonchev–Trinajstić information content (AvgIpc) is 3.07. The van der Waals surface area contributed by atoms with Crippen LogP contribution in [0, 0.1) is 11.8 Å². The lowest BCUT2D eigenvalue weighted by Crippen LogP contribution is -2.59. The van der Waals surface area contributed by atoms with E-state index in [4.69, 9.17) is 15.9 Å². The third-order valence-corrected chi connectivity index (χ3v) is 7.67. The number of ether oxygens (including phenoxy) is 1. The van der Waals surface area contributed by atoms with Gasteiger partial charge >= 0.3 is 12.1 Å². The van der Waals surface area contributed by atoms with E-state index in [1.165, 1.54) is 18.2 Å². The number of benzene rings is 2. The summed E-state index contributed by atoms with van der Waals surface area (Å²) in [7, 11) is 0. The van der Waals surface area contributed by atoms with Crippen LogP contribution in [0.4, 0.5) is 18.9 Å². The quantitative estimate of drug-likeness (QED) is 0.0765. The normalized spacial score (nSPS) is 14.6. The van der Waals surface area contributed by atoms with E-state index in [0.717, 1.165) is 6.07 Å². The number of alkyl halides is 3. The molecule has 4 amide bonds. The highest BCUT2D eigenvalue weighted by Crippen LogP contribution is 2.18. The molecule has 0 saturated carbocycles. The van der Waals surface area contributed by atoms with Gasteiger partial charge in [0.15, 0.2) is 19.0 Å². The highest BCUT2D eigenvalue weighted by atomic mass is 19.4. The average molecular weight is 740 g/mol. The van der Waals surface area contributed by atoms with Gasteiger partial charge in [0.05, 0.1) is 17.6 Å². The van der Waals surface area contributed by atoms with E-state index >= 15 is 0 Å². The van der Waals surface area contributed by atoms with Gasteiger partial charge in [-0.2, -0.15) is 13.2 Å². The van der Waals surface area contributed by atoms with Crippen molar-refractivity contribution in [1.29, 1.82) is 0 Å². The SMILES string of the molecule is CC(C)C[C@H](NC(=O)[C@@H](NC(=O)C(N)CCC(O)O)C(C)C)C(=O)N[C@@H](Cc1ccccc1)[C@@H](O)C(=O)Nc1cccc(C(=O)OCC(F)(F)F)c1. The van der Waals surface area contributed by atoms with Gasteiger partial charge in [-0.3, -0.25) is 19.2 Å². The van der Waals surface area contributed by atoms with Crippen LogP contribution in [0.5, 0.6) is 0 Å². The number of nitrogens with two attached hydrogens (primary N) is 1. The van der Waals surface area contributed by atoms with Crippen molar-refractivity contribution in [3.8, 4) is 0 Å². The number of hydrogen-bond acceptors (Lipinski definition) is 10. The smallest absolute Gasteiger partial charge is 0.422 e. The lowest BCUT2D eigenvalue weighted by atomic mass is 9.97. The zero-order valence-electron chi connectivity index (χ0n) is 29.4. The number of amides is 4. The standard InChI is InChI=1S/C35H48F3N5O9/c1-19(2)15-26(42-32(49)28(20(3)4)43-30(47)24(39)13-14-27(44)45)31(48)41-25(16-21-9-6-5-7-10-21)29(46)33(50)40-23-12-8-11-22(17-23)34(51)52-18-35(36,37)38/h5-12,17,19-20,24-29,44-46H,13-16,18,39H2,1-4H3,(H,40,50)(H,41,48)(H,42,49)(H,43,47)/t24?,25-,26-,28-,29+/m0/s1. The van der Waals surface area contributed by atoms with E-state index in [2.05, 4.69) is 26.0 Å². The van der Waals surface area contributed by atoms with E-state index in [1.54, 1.807) is 58.0 Å². The van der Waals surface area contributed by atoms with Crippen LogP contribution in [0.15, 0.2) is 54.6 Å². The van der Waals surface area contributed by atoms with Crippen molar-refractivity contribution >= 4 is 35.3 Å². The van der Waals surface area contributed by atoms with Crippen molar-refractivity contribution in [3.63, 3.8) is 0 Å². The Labute approximate surface area is 299 Å². The highest BCUT2D eigenvalue weighted by molar-refractivity contribution is 5.97. The Morgan fingerprint density at radius 1 is 0.808 bits per heavy atom. The van der Waals surface area contributed by atoms with Gasteiger partial charge in [0.2, 0.25) is 17.7 Å². The van der Waals surface area contributed by atoms with Crippen LogP contribution in [-0.2, 0) is 30.3 Å². The summed E-state index contributed by atoms with van der Waals surface area (Å²) in [6, 6.07) is 8.73. The minimum atomic E-state index is -4.74. The number of nitrogens with one attached hydrogen (secondary N) is 4. The van der Waals surface area contributed by atoms with E-state index in [1.807, 2.05) is 0 Å². The Morgan fingerprint density at radius 2 is 1.46 bits per heavy atom. The first kappa shape index (κ1) is 43.6. The molecule has 288 valence electrons. The zero-order chi connectivity index (χ0) is 39.2. The molecule has 17 heteroatoms. The molecule has 5 atom stereocenters. The molecule has 0 aliphatic rings. The molecule has 14 nitrogen and oxygen atoms in total. The van der Waals surface area contributed by atoms with E-state index < -0.39 is 84.9 Å². The van der Waals surface area contributed by atoms with Crippen LogP contribution in [-0.4, -0.2) is 94.3 Å². The first-order valence-electron chi connectivity index (χ1n) is 16.7. The van der Waals surface area contributed by atoms with E-state index in [9.17, 15) is 42.3 Å². The van der Waals surface area contributed by atoms with Crippen molar-refractivity contribution in [1.82, 2.24) is 16.0 Å². The molecule has 0 fully saturated rings. The number of hydrogen-bond donors (Lipinski definition) is 8. The zero-order valence-corrected chi connectivity index (χ0v) is 29.4. The number of carbonyl (C=O) groups excluding carboxylic acids is 5. The number of carbonyl (C=O) groups is 5. The number of esters is 1. The molecule has 0 heterocycles. The van der Waals surface area contributed by atoms with Crippen molar-refractivity contribution in [2.24, 2.45) is 17.6 Å². The summed E-state index contributed by atoms with van der Waals surface area (Å²) in [6.45, 7) is 5.13. The molecule has 1 unspecified atom stereocenters. The number of aliphatic hydroxyl groups excluding tert-OH is 2. The fraction of sp³-hybridized carbons (Fsp3) is 0.514. The van der Waals surface area contributed by atoms with Gasteiger partial charge in [0.1, 0.15) is 12.1 Å². The predicted molar refractivity (Wildman–Crippen MR) is 183 cm³/mol. The van der Waals surface area contributed by atoms with Crippen molar-refractivity contribution in [2.45, 2.75) is 96.1 Å². The Kier molecular flexibility index (Phi) is 17.1. The third kappa shape index (κ3) is 15.3. The first-order chi connectivity index (χ1) is 24.3. The second kappa shape index (κ2) is 20.5. The van der Waals surface area contributed by atoms with Gasteiger partial charge in [0, 0.05) is 5.69 Å². The largest absolute Gasteiger partial charge is 0.452 e. The monoisotopic (exact) mass is 739 g/mol. The lowest BCUT2D eigenvalue weighted by Gasteiger charge is -2.29. The third-order valence-electron chi connectivity index (χ3n) is 7.67. The Bertz CT molecular complexity index is 1490. The number of halogens is 3. The molecule has 9 N–H and O–H groups in total. The number of anilines is 1. The molecule has 0 radical (unpaired) electrons. The highest BCUT2D eigenvalue weighted by Gasteiger charge is 2.34. The molecule has 0 saturated heterocycles. The molecular formula is C35H48F3N5O9. The van der Waals surface area contributed by atoms with Gasteiger partial charge < -0.3 is 47.1 Å². The fourth-order valence-corrected chi connectivity index (χ4v) is 4.97. The van der Waals surface area contributed by atoms with Crippen molar-refractivity contribution in [3.05, 3.63) is 65.7 Å². The summed E-state index contributed by atoms with van der Waals surface area (Å²) >= 11 is 0. The fourth-order valence-electron chi connectivity index (χ4n) is 4.97. The summed E-state index contributed by atoms with van der Waals surface area (Å²) in [5.74, 6) is -5.04. The Hall–Kier alpha value is -4.58. The van der Waals surface area contributed by atoms with Crippen LogP contribution in [0.3, 0.4) is 0 Å². The second-order valence-corrected chi connectivity index (χ2v) is 13.1. The van der Waals surface area contributed by atoms with E-state index in [0.29, 0.717) is 5.56 Å². The maximum atomic E-state index is 13.8. The van der Waals surface area contributed by atoms with Crippen LogP contribution < -0.4 is 27.0 Å². The molecule has 0 aromatic heterocycles. The minimum Gasteiger partial charge on any atom is -0.452 e. The molecule has 0 aliphatic heterocycles. The maximum absolute atomic E-state index is 13.8. The van der Waals surface area contributed by atoms with E-state index in [-0.39, 0.29) is 42.9 Å². The molecule has 0 spiro atoms. The van der Waals surface area contributed by atoms with Crippen LogP contribution in [0.25, 0.3) is 0 Å². The summed E-state index contributed by atoms with van der Waals surface area (Å²) in [5, 5.41) is 39.7. The second-order valence-electron chi connectivity index (χ2n) is 13.1. The topological polar surface area (TPSA) is 229 Å². The number of aliphatic hydroxyl groups is 3. The first-order valence-corrected chi connectivity index (χ1v) is 16.7. The lowest BCUT2D eigenvalue weighted by molar-refractivity contribution is -0.161. The van der Waals surface area contributed by atoms with Crippen LogP contribution in [0.1, 0.15) is 62.9 Å². The predicted octanol–water partition coefficient (Wildman–Crippen LogP) is 1.52. The summed E-state index contributed by atoms with van der Waals surface area (Å²) in [6.07, 6.45) is -8.45. The van der Waals surface area contributed by atoms with Gasteiger partial charge in [-0.05, 0) is 61.3 Å². The summed E-state index contributed by atoms with van der Waals surface area (Å²) in [4.78, 5) is 65.3. The molecule has 0 aliphatic carbocycles. The molecule has 2 aromatic carbocycles. The molecule has 2 aromatic rings. The van der Waals surface area contributed by atoms with Gasteiger partial charge in [-0.15, -0.1) is 0 Å². The molecule has 52 heavy (non-hydrogen) atoms. The van der Waals surface area contributed by atoms with Crippen molar-refractivity contribution in [2.75, 3.05) is 11.9 Å². The number of rotatable bonds is 19. The summed E-state index contributed by atoms with van der Waals surface area (Å²) in [5.41, 5.74) is 6.14. The molecule has 2 rings (SSSR count). The van der Waals surface area contributed by atoms with Crippen LogP contribution >= 0.6 is 0 Å². The van der Waals surface area contributed by atoms with Gasteiger partial charge in [-0.1, -0.05) is 64.1 Å². The van der Waals surface area contributed by atoms with Gasteiger partial charge in [0.25, 0.3) is 5.91 Å².